The van der Waals surface area contributed by atoms with Crippen molar-refractivity contribution < 1.29 is 4.79 Å². The van der Waals surface area contributed by atoms with Crippen LogP contribution in [0.5, 0.6) is 0 Å². The lowest BCUT2D eigenvalue weighted by atomic mass is 9.91. The van der Waals surface area contributed by atoms with Gasteiger partial charge in [-0.2, -0.15) is 5.10 Å². The van der Waals surface area contributed by atoms with E-state index >= 15 is 0 Å². The van der Waals surface area contributed by atoms with E-state index in [4.69, 9.17) is 0 Å². The zero-order chi connectivity index (χ0) is 24.3. The summed E-state index contributed by atoms with van der Waals surface area (Å²) in [6.07, 6.45) is 2.79. The molecule has 4 heteroatoms. The van der Waals surface area contributed by atoms with Crippen molar-refractivity contribution in [3.63, 3.8) is 0 Å². The van der Waals surface area contributed by atoms with Gasteiger partial charge in [-0.15, -0.1) is 0 Å². The fourth-order valence-electron chi connectivity index (χ4n) is 6.02. The van der Waals surface area contributed by atoms with E-state index in [-0.39, 0.29) is 11.8 Å². The summed E-state index contributed by atoms with van der Waals surface area (Å²) in [5.41, 5.74) is 7.70. The number of nitrogens with zero attached hydrogens (tertiary/aromatic N) is 3. The maximum atomic E-state index is 14.1. The summed E-state index contributed by atoms with van der Waals surface area (Å²) in [4.78, 5) is 16.1. The summed E-state index contributed by atoms with van der Waals surface area (Å²) >= 11 is 0. The quantitative estimate of drug-likeness (QED) is 0.300. The highest BCUT2D eigenvalue weighted by Gasteiger charge is 2.67. The molecule has 2 heterocycles. The maximum absolute atomic E-state index is 14.1. The number of aryl methyl sites for hydroxylation is 1. The SMILES string of the molecule is Cc1ccc2c(c1)[C@]1(C[C@H]1c1ccc3cnn(Cc4ccccc4)c3c1)C(=O)N2Cc1ccccc1. The molecule has 2 atom stereocenters. The Balaban J connectivity index is 1.26. The zero-order valence-electron chi connectivity index (χ0n) is 20.3. The predicted octanol–water partition coefficient (Wildman–Crippen LogP) is 6.37. The highest BCUT2D eigenvalue weighted by atomic mass is 16.2. The monoisotopic (exact) mass is 469 g/mol. The van der Waals surface area contributed by atoms with Crippen LogP contribution < -0.4 is 4.90 Å². The van der Waals surface area contributed by atoms with E-state index < -0.39 is 5.41 Å². The number of amides is 1. The molecule has 0 saturated heterocycles. The van der Waals surface area contributed by atoms with Crippen LogP contribution in [0.25, 0.3) is 10.9 Å². The largest absolute Gasteiger partial charge is 0.307 e. The summed E-state index contributed by atoms with van der Waals surface area (Å²) in [6.45, 7) is 3.45. The smallest absolute Gasteiger partial charge is 0.238 e. The number of hydrogen-bond acceptors (Lipinski definition) is 2. The molecule has 7 rings (SSSR count). The Morgan fingerprint density at radius 2 is 1.58 bits per heavy atom. The van der Waals surface area contributed by atoms with E-state index in [9.17, 15) is 4.79 Å². The topological polar surface area (TPSA) is 38.1 Å². The second kappa shape index (κ2) is 7.92. The molecule has 0 radical (unpaired) electrons. The molecule has 4 aromatic carbocycles. The van der Waals surface area contributed by atoms with Gasteiger partial charge in [-0.3, -0.25) is 9.48 Å². The number of carbonyl (C=O) groups excluding carboxylic acids is 1. The van der Waals surface area contributed by atoms with E-state index in [1.807, 2.05) is 35.4 Å². The molecule has 1 aliphatic carbocycles. The number of carbonyl (C=O) groups is 1. The molecule has 1 saturated carbocycles. The van der Waals surface area contributed by atoms with Crippen molar-refractivity contribution in [3.8, 4) is 0 Å². The van der Waals surface area contributed by atoms with Gasteiger partial charge in [0.2, 0.25) is 5.91 Å². The molecule has 176 valence electrons. The third-order valence-corrected chi connectivity index (χ3v) is 7.94. The van der Waals surface area contributed by atoms with Crippen molar-refractivity contribution in [2.75, 3.05) is 4.90 Å². The van der Waals surface area contributed by atoms with Crippen LogP contribution in [0, 0.1) is 6.92 Å². The molecule has 1 amide bonds. The maximum Gasteiger partial charge on any atom is 0.238 e. The molecule has 0 N–H and O–H groups in total. The molecule has 1 fully saturated rings. The minimum Gasteiger partial charge on any atom is -0.307 e. The Labute approximate surface area is 210 Å². The number of anilines is 1. The molecular formula is C32H27N3O. The number of rotatable bonds is 5. The van der Waals surface area contributed by atoms with Gasteiger partial charge in [0.05, 0.1) is 30.2 Å². The first kappa shape index (κ1) is 21.1. The third kappa shape index (κ3) is 3.21. The minimum atomic E-state index is -0.464. The van der Waals surface area contributed by atoms with Gasteiger partial charge >= 0.3 is 0 Å². The van der Waals surface area contributed by atoms with Crippen LogP contribution in [0.2, 0.25) is 0 Å². The van der Waals surface area contributed by atoms with Gasteiger partial charge < -0.3 is 4.90 Å². The lowest BCUT2D eigenvalue weighted by Crippen LogP contribution is -2.32. The van der Waals surface area contributed by atoms with Crippen LogP contribution >= 0.6 is 0 Å². The average Bonchev–Trinajstić information content (AvgIpc) is 3.49. The molecule has 5 aromatic rings. The molecular weight excluding hydrogens is 442 g/mol. The molecule has 2 aliphatic rings. The Bertz CT molecular complexity index is 1610. The number of benzene rings is 4. The van der Waals surface area contributed by atoms with Crippen molar-refractivity contribution in [2.45, 2.75) is 37.8 Å². The minimum absolute atomic E-state index is 0.177. The van der Waals surface area contributed by atoms with Crippen molar-refractivity contribution in [1.82, 2.24) is 9.78 Å². The van der Waals surface area contributed by atoms with Gasteiger partial charge in [0.25, 0.3) is 0 Å². The second-order valence-electron chi connectivity index (χ2n) is 10.2. The van der Waals surface area contributed by atoms with Gasteiger partial charge in [-0.1, -0.05) is 90.5 Å². The summed E-state index contributed by atoms with van der Waals surface area (Å²) in [7, 11) is 0. The Hall–Kier alpha value is -4.18. The second-order valence-corrected chi connectivity index (χ2v) is 10.2. The fraction of sp³-hybridized carbons (Fsp3) is 0.188. The molecule has 0 unspecified atom stereocenters. The van der Waals surface area contributed by atoms with Gasteiger partial charge in [0.1, 0.15) is 0 Å². The Morgan fingerprint density at radius 1 is 0.861 bits per heavy atom. The summed E-state index contributed by atoms with van der Waals surface area (Å²) in [5.74, 6) is 0.408. The van der Waals surface area contributed by atoms with Crippen molar-refractivity contribution >= 4 is 22.5 Å². The van der Waals surface area contributed by atoms with Crippen LogP contribution in [0.4, 0.5) is 5.69 Å². The highest BCUT2D eigenvalue weighted by molar-refractivity contribution is 6.11. The fourth-order valence-corrected chi connectivity index (χ4v) is 6.02. The first-order valence-corrected chi connectivity index (χ1v) is 12.6. The summed E-state index contributed by atoms with van der Waals surface area (Å²) < 4.78 is 2.07. The van der Waals surface area contributed by atoms with Crippen molar-refractivity contribution in [1.29, 1.82) is 0 Å². The van der Waals surface area contributed by atoms with Gasteiger partial charge in [0.15, 0.2) is 0 Å². The molecule has 1 aliphatic heterocycles. The first-order chi connectivity index (χ1) is 17.6. The number of hydrogen-bond donors (Lipinski definition) is 0. The predicted molar refractivity (Wildman–Crippen MR) is 143 cm³/mol. The lowest BCUT2D eigenvalue weighted by molar-refractivity contribution is -0.120. The van der Waals surface area contributed by atoms with Crippen LogP contribution in [-0.4, -0.2) is 15.7 Å². The lowest BCUT2D eigenvalue weighted by Gasteiger charge is -2.18. The van der Waals surface area contributed by atoms with Gasteiger partial charge in [-0.05, 0) is 47.7 Å². The summed E-state index contributed by atoms with van der Waals surface area (Å²) in [6, 6.07) is 33.8. The standard InChI is InChI=1S/C32H27N3O/c1-22-12-15-29-27(16-22)32(31(36)34(29)20-23-8-4-2-5-9-23)18-28(32)25-13-14-26-19-33-35(30(26)17-25)21-24-10-6-3-7-11-24/h2-17,19,28H,18,20-21H2,1H3/t28-,32-/m0/s1. The van der Waals surface area contributed by atoms with Gasteiger partial charge in [-0.25, -0.2) is 0 Å². The first-order valence-electron chi connectivity index (χ1n) is 12.6. The van der Waals surface area contributed by atoms with E-state index in [2.05, 4.69) is 89.5 Å². The van der Waals surface area contributed by atoms with Crippen LogP contribution in [-0.2, 0) is 23.3 Å². The Kier molecular flexibility index (Phi) is 4.65. The Morgan fingerprint density at radius 3 is 2.33 bits per heavy atom. The van der Waals surface area contributed by atoms with Gasteiger partial charge in [0, 0.05) is 17.0 Å². The molecule has 4 nitrogen and oxygen atoms in total. The zero-order valence-corrected chi connectivity index (χ0v) is 20.3. The number of aromatic nitrogens is 2. The van der Waals surface area contributed by atoms with Crippen LogP contribution in [0.1, 0.15) is 40.2 Å². The highest BCUT2D eigenvalue weighted by Crippen LogP contribution is 2.66. The molecule has 1 spiro atoms. The summed E-state index contributed by atoms with van der Waals surface area (Å²) in [5, 5.41) is 5.79. The third-order valence-electron chi connectivity index (χ3n) is 7.94. The van der Waals surface area contributed by atoms with E-state index in [1.54, 1.807) is 0 Å². The van der Waals surface area contributed by atoms with E-state index in [1.165, 1.54) is 22.3 Å². The number of fused-ring (bicyclic) bond motifs is 3. The van der Waals surface area contributed by atoms with E-state index in [0.717, 1.165) is 35.1 Å². The normalized spacial score (nSPS) is 20.3. The van der Waals surface area contributed by atoms with Crippen LogP contribution in [0.3, 0.4) is 0 Å². The van der Waals surface area contributed by atoms with E-state index in [0.29, 0.717) is 6.54 Å². The van der Waals surface area contributed by atoms with Crippen molar-refractivity contribution in [3.05, 3.63) is 131 Å². The molecule has 1 aromatic heterocycles. The molecule has 36 heavy (non-hydrogen) atoms. The van der Waals surface area contributed by atoms with Crippen molar-refractivity contribution in [2.24, 2.45) is 0 Å². The average molecular weight is 470 g/mol. The van der Waals surface area contributed by atoms with Crippen LogP contribution in [0.15, 0.2) is 103 Å². The molecule has 0 bridgehead atoms.